The van der Waals surface area contributed by atoms with E-state index in [2.05, 4.69) is 71.6 Å². The summed E-state index contributed by atoms with van der Waals surface area (Å²) >= 11 is 0. The van der Waals surface area contributed by atoms with E-state index in [1.807, 2.05) is 7.05 Å². The molecule has 1 aliphatic rings. The van der Waals surface area contributed by atoms with E-state index in [4.69, 9.17) is 4.74 Å². The number of rotatable bonds is 6. The maximum absolute atomic E-state index is 5.52. The predicted molar refractivity (Wildman–Crippen MR) is 116 cm³/mol. The van der Waals surface area contributed by atoms with Gasteiger partial charge in [-0.05, 0) is 25.3 Å². The average molecular weight is 460 g/mol. The summed E-state index contributed by atoms with van der Waals surface area (Å²) in [5, 5.41) is 6.88. The van der Waals surface area contributed by atoms with Crippen LogP contribution in [0.25, 0.3) is 0 Å². The smallest absolute Gasteiger partial charge is 0.191 e. The van der Waals surface area contributed by atoms with Crippen LogP contribution in [0.5, 0.6) is 0 Å². The molecule has 0 spiro atoms. The van der Waals surface area contributed by atoms with Crippen molar-refractivity contribution in [3.63, 3.8) is 0 Å². The highest BCUT2D eigenvalue weighted by Crippen LogP contribution is 2.13. The third kappa shape index (κ3) is 7.11. The first-order valence-corrected chi connectivity index (χ1v) is 8.94. The van der Waals surface area contributed by atoms with Gasteiger partial charge in [-0.3, -0.25) is 9.89 Å². The monoisotopic (exact) mass is 460 g/mol. The Balaban J connectivity index is 0.00000312. The topological polar surface area (TPSA) is 48.9 Å². The molecule has 1 aromatic rings. The number of hydrogen-bond donors (Lipinski definition) is 2. The third-order valence-corrected chi connectivity index (χ3v) is 4.72. The molecule has 0 aromatic heterocycles. The van der Waals surface area contributed by atoms with E-state index in [1.54, 1.807) is 0 Å². The molecule has 0 bridgehead atoms. The van der Waals surface area contributed by atoms with Crippen molar-refractivity contribution in [2.75, 3.05) is 39.9 Å². The molecule has 3 unspecified atom stereocenters. The number of ether oxygens (including phenoxy) is 1. The van der Waals surface area contributed by atoms with E-state index in [0.717, 1.165) is 38.8 Å². The van der Waals surface area contributed by atoms with Crippen LogP contribution in [-0.2, 0) is 4.74 Å². The quantitative estimate of drug-likeness (QED) is 0.390. The molecule has 1 saturated heterocycles. The van der Waals surface area contributed by atoms with Crippen LogP contribution in [0.1, 0.15) is 32.3 Å². The zero-order valence-corrected chi connectivity index (χ0v) is 18.2. The minimum atomic E-state index is 0. The van der Waals surface area contributed by atoms with Crippen molar-refractivity contribution < 1.29 is 4.74 Å². The lowest BCUT2D eigenvalue weighted by Crippen LogP contribution is -2.53. The normalized spacial score (nSPS) is 21.1. The summed E-state index contributed by atoms with van der Waals surface area (Å²) in [5.41, 5.74) is 1.34. The maximum Gasteiger partial charge on any atom is 0.191 e. The van der Waals surface area contributed by atoms with Crippen molar-refractivity contribution in [2.45, 2.75) is 38.8 Å². The lowest BCUT2D eigenvalue weighted by Gasteiger charge is -2.38. The summed E-state index contributed by atoms with van der Waals surface area (Å²) in [4.78, 5) is 6.84. The average Bonchev–Trinajstić information content (AvgIpc) is 2.62. The first kappa shape index (κ1) is 22.2. The minimum Gasteiger partial charge on any atom is -0.379 e. The summed E-state index contributed by atoms with van der Waals surface area (Å²) in [6.45, 7) is 11.1. The standard InChI is InChI=1S/C19H32N4O.HI/c1-15(18-8-6-5-7-9-18)12-21-19(20-4)22-13-16(2)23-10-11-24-14-17(23)3;/h5-9,15-17H,10-14H2,1-4H3,(H2,20,21,22);1H. The summed E-state index contributed by atoms with van der Waals surface area (Å²) < 4.78 is 5.52. The highest BCUT2D eigenvalue weighted by atomic mass is 127. The molecule has 2 rings (SSSR count). The van der Waals surface area contributed by atoms with Gasteiger partial charge in [0, 0.05) is 38.8 Å². The van der Waals surface area contributed by atoms with Gasteiger partial charge in [0.05, 0.1) is 13.2 Å². The molecule has 1 aromatic carbocycles. The van der Waals surface area contributed by atoms with Crippen LogP contribution in [0.3, 0.4) is 0 Å². The Morgan fingerprint density at radius 1 is 1.24 bits per heavy atom. The molecule has 2 N–H and O–H groups in total. The van der Waals surface area contributed by atoms with Crippen LogP contribution in [0, 0.1) is 0 Å². The molecule has 0 saturated carbocycles. The van der Waals surface area contributed by atoms with Gasteiger partial charge in [0.25, 0.3) is 0 Å². The Kier molecular flexibility index (Phi) is 10.4. The molecule has 1 fully saturated rings. The van der Waals surface area contributed by atoms with Crippen LogP contribution in [0.15, 0.2) is 35.3 Å². The molecular formula is C19H33IN4O. The van der Waals surface area contributed by atoms with Crippen molar-refractivity contribution in [1.82, 2.24) is 15.5 Å². The molecule has 0 radical (unpaired) electrons. The number of aliphatic imine (C=N–C) groups is 1. The predicted octanol–water partition coefficient (Wildman–Crippen LogP) is 2.68. The van der Waals surface area contributed by atoms with Gasteiger partial charge in [-0.1, -0.05) is 37.3 Å². The maximum atomic E-state index is 5.52. The van der Waals surface area contributed by atoms with Gasteiger partial charge < -0.3 is 15.4 Å². The van der Waals surface area contributed by atoms with Crippen LogP contribution >= 0.6 is 24.0 Å². The summed E-state index contributed by atoms with van der Waals surface area (Å²) in [6, 6.07) is 11.5. The molecule has 0 amide bonds. The zero-order chi connectivity index (χ0) is 17.4. The zero-order valence-electron chi connectivity index (χ0n) is 15.9. The Hall–Kier alpha value is -0.860. The van der Waals surface area contributed by atoms with Crippen molar-refractivity contribution in [2.24, 2.45) is 4.99 Å². The second kappa shape index (κ2) is 11.7. The second-order valence-corrected chi connectivity index (χ2v) is 6.66. The van der Waals surface area contributed by atoms with Crippen molar-refractivity contribution in [3.8, 4) is 0 Å². The van der Waals surface area contributed by atoms with Crippen molar-refractivity contribution in [1.29, 1.82) is 0 Å². The fourth-order valence-electron chi connectivity index (χ4n) is 3.13. The van der Waals surface area contributed by atoms with Gasteiger partial charge in [0.1, 0.15) is 0 Å². The van der Waals surface area contributed by atoms with Gasteiger partial charge in [-0.2, -0.15) is 0 Å². The Morgan fingerprint density at radius 2 is 1.92 bits per heavy atom. The highest BCUT2D eigenvalue weighted by molar-refractivity contribution is 14.0. The SMILES string of the molecule is CN=C(NCC(C)c1ccccc1)NCC(C)N1CCOCC1C.I. The van der Waals surface area contributed by atoms with E-state index in [-0.39, 0.29) is 24.0 Å². The first-order chi connectivity index (χ1) is 11.6. The number of nitrogens with one attached hydrogen (secondary N) is 2. The fraction of sp³-hybridized carbons (Fsp3) is 0.632. The fourth-order valence-corrected chi connectivity index (χ4v) is 3.13. The number of halogens is 1. The molecule has 0 aliphatic carbocycles. The van der Waals surface area contributed by atoms with Gasteiger partial charge >= 0.3 is 0 Å². The van der Waals surface area contributed by atoms with Crippen LogP contribution in [0.4, 0.5) is 0 Å². The minimum absolute atomic E-state index is 0. The van der Waals surface area contributed by atoms with E-state index in [9.17, 15) is 0 Å². The van der Waals surface area contributed by atoms with Crippen LogP contribution in [0.2, 0.25) is 0 Å². The molecular weight excluding hydrogens is 427 g/mol. The molecule has 1 heterocycles. The van der Waals surface area contributed by atoms with E-state index in [1.165, 1.54) is 5.56 Å². The third-order valence-electron chi connectivity index (χ3n) is 4.72. The number of morpholine rings is 1. The van der Waals surface area contributed by atoms with Crippen LogP contribution < -0.4 is 10.6 Å². The van der Waals surface area contributed by atoms with Crippen molar-refractivity contribution in [3.05, 3.63) is 35.9 Å². The van der Waals surface area contributed by atoms with E-state index in [0.29, 0.717) is 18.0 Å². The number of benzene rings is 1. The lowest BCUT2D eigenvalue weighted by molar-refractivity contribution is -0.0174. The first-order valence-electron chi connectivity index (χ1n) is 8.94. The number of hydrogen-bond acceptors (Lipinski definition) is 3. The Morgan fingerprint density at radius 3 is 2.56 bits per heavy atom. The van der Waals surface area contributed by atoms with Gasteiger partial charge in [-0.15, -0.1) is 24.0 Å². The second-order valence-electron chi connectivity index (χ2n) is 6.66. The Labute approximate surface area is 169 Å². The van der Waals surface area contributed by atoms with Crippen LogP contribution in [-0.4, -0.2) is 62.8 Å². The van der Waals surface area contributed by atoms with Gasteiger partial charge in [0.15, 0.2) is 5.96 Å². The molecule has 6 heteroatoms. The van der Waals surface area contributed by atoms with E-state index < -0.39 is 0 Å². The summed E-state index contributed by atoms with van der Waals surface area (Å²) in [7, 11) is 1.82. The van der Waals surface area contributed by atoms with Gasteiger partial charge in [0.2, 0.25) is 0 Å². The summed E-state index contributed by atoms with van der Waals surface area (Å²) in [6.07, 6.45) is 0. The molecule has 3 atom stereocenters. The summed E-state index contributed by atoms with van der Waals surface area (Å²) in [5.74, 6) is 1.31. The molecule has 25 heavy (non-hydrogen) atoms. The lowest BCUT2D eigenvalue weighted by atomic mass is 10.0. The number of nitrogens with zero attached hydrogens (tertiary/aromatic N) is 2. The largest absolute Gasteiger partial charge is 0.379 e. The van der Waals surface area contributed by atoms with Gasteiger partial charge in [-0.25, -0.2) is 0 Å². The number of guanidine groups is 1. The van der Waals surface area contributed by atoms with Crippen molar-refractivity contribution >= 4 is 29.9 Å². The molecule has 5 nitrogen and oxygen atoms in total. The Bertz CT molecular complexity index is 511. The highest BCUT2D eigenvalue weighted by Gasteiger charge is 2.23. The molecule has 1 aliphatic heterocycles. The molecule has 142 valence electrons. The van der Waals surface area contributed by atoms with E-state index >= 15 is 0 Å².